The highest BCUT2D eigenvalue weighted by Gasteiger charge is 2.12. The fourth-order valence-electron chi connectivity index (χ4n) is 1.83. The van der Waals surface area contributed by atoms with Gasteiger partial charge in [0.25, 0.3) is 0 Å². The van der Waals surface area contributed by atoms with E-state index < -0.39 is 0 Å². The van der Waals surface area contributed by atoms with Crippen LogP contribution in [0, 0.1) is 12.8 Å². The van der Waals surface area contributed by atoms with Crippen molar-refractivity contribution in [1.82, 2.24) is 9.78 Å². The van der Waals surface area contributed by atoms with Crippen LogP contribution in [0.2, 0.25) is 0 Å². The fourth-order valence-corrected chi connectivity index (χ4v) is 1.83. The number of nitrogens with zero attached hydrogens (tertiary/aromatic N) is 2. The Morgan fingerprint density at radius 1 is 1.31 bits per heavy atom. The van der Waals surface area contributed by atoms with Gasteiger partial charge < -0.3 is 11.1 Å². The predicted molar refractivity (Wildman–Crippen MR) is 69.6 cm³/mol. The Hall–Kier alpha value is -1.19. The Labute approximate surface area is 98.2 Å². The number of aromatic nitrogens is 2. The largest absolute Gasteiger partial charge is 0.394 e. The Morgan fingerprint density at radius 2 is 1.94 bits per heavy atom. The van der Waals surface area contributed by atoms with Gasteiger partial charge in [0.15, 0.2) is 0 Å². The maximum atomic E-state index is 6.00. The van der Waals surface area contributed by atoms with Gasteiger partial charge in [0.2, 0.25) is 0 Å². The molecular formula is C12H24N4. The molecule has 0 spiro atoms. The minimum Gasteiger partial charge on any atom is -0.394 e. The zero-order chi connectivity index (χ0) is 12.1. The molecule has 16 heavy (non-hydrogen) atoms. The zero-order valence-electron chi connectivity index (χ0n) is 10.9. The molecule has 0 unspecified atom stereocenters. The minimum absolute atomic E-state index is 0.708. The molecule has 1 rings (SSSR count). The topological polar surface area (TPSA) is 55.9 Å². The smallest absolute Gasteiger partial charge is 0.148 e. The monoisotopic (exact) mass is 224 g/mol. The second-order valence-electron chi connectivity index (χ2n) is 4.23. The Bertz CT molecular complexity index is 326. The van der Waals surface area contributed by atoms with Crippen LogP contribution in [0.4, 0.5) is 11.5 Å². The number of anilines is 2. The lowest BCUT2D eigenvalue weighted by Gasteiger charge is -2.15. The lowest BCUT2D eigenvalue weighted by atomic mass is 10.0. The molecule has 0 aliphatic rings. The number of hydrogen-bond acceptors (Lipinski definition) is 3. The minimum atomic E-state index is 0.708. The van der Waals surface area contributed by atoms with Gasteiger partial charge in [-0.1, -0.05) is 26.7 Å². The molecule has 1 aromatic rings. The summed E-state index contributed by atoms with van der Waals surface area (Å²) in [5.74, 6) is 1.69. The van der Waals surface area contributed by atoms with E-state index in [1.807, 2.05) is 11.6 Å². The Morgan fingerprint density at radius 3 is 2.44 bits per heavy atom. The summed E-state index contributed by atoms with van der Waals surface area (Å²) < 4.78 is 1.94. The summed E-state index contributed by atoms with van der Waals surface area (Å²) >= 11 is 0. The van der Waals surface area contributed by atoms with Crippen molar-refractivity contribution in [2.75, 3.05) is 17.6 Å². The number of nitrogen functional groups attached to an aromatic ring is 1. The summed E-state index contributed by atoms with van der Waals surface area (Å²) in [6, 6.07) is 0. The first-order valence-corrected chi connectivity index (χ1v) is 6.20. The SMILES string of the molecule is CCC(CC)CNc1c(N)c(C)nn1CC. The molecule has 1 aromatic heterocycles. The standard InChI is InChI=1S/C12H24N4/c1-5-10(6-2)8-14-12-11(13)9(4)15-16(12)7-3/h10,14H,5-8,13H2,1-4H3. The number of nitrogens with two attached hydrogens (primary N) is 1. The molecule has 0 aliphatic carbocycles. The summed E-state index contributed by atoms with van der Waals surface area (Å²) in [6.45, 7) is 10.3. The highest BCUT2D eigenvalue weighted by atomic mass is 15.3. The van der Waals surface area contributed by atoms with Gasteiger partial charge >= 0.3 is 0 Å². The van der Waals surface area contributed by atoms with Gasteiger partial charge in [-0.3, -0.25) is 0 Å². The maximum Gasteiger partial charge on any atom is 0.148 e. The van der Waals surface area contributed by atoms with E-state index in [1.54, 1.807) is 0 Å². The second kappa shape index (κ2) is 5.77. The highest BCUT2D eigenvalue weighted by molar-refractivity contribution is 5.64. The lowest BCUT2D eigenvalue weighted by Crippen LogP contribution is -2.16. The van der Waals surface area contributed by atoms with E-state index in [4.69, 9.17) is 5.73 Å². The molecule has 0 bridgehead atoms. The average Bonchev–Trinajstić information content (AvgIpc) is 2.57. The number of aryl methyl sites for hydroxylation is 2. The van der Waals surface area contributed by atoms with Crippen LogP contribution in [-0.4, -0.2) is 16.3 Å². The molecule has 0 aromatic carbocycles. The van der Waals surface area contributed by atoms with Crippen LogP contribution in [0.25, 0.3) is 0 Å². The van der Waals surface area contributed by atoms with Gasteiger partial charge in [-0.2, -0.15) is 5.10 Å². The van der Waals surface area contributed by atoms with Crippen molar-refractivity contribution in [3.05, 3.63) is 5.69 Å². The summed E-state index contributed by atoms with van der Waals surface area (Å²) in [5.41, 5.74) is 7.70. The first-order chi connectivity index (χ1) is 7.63. The normalized spacial score (nSPS) is 11.1. The third-order valence-corrected chi connectivity index (χ3v) is 3.19. The van der Waals surface area contributed by atoms with Gasteiger partial charge in [0, 0.05) is 13.1 Å². The quantitative estimate of drug-likeness (QED) is 0.781. The highest BCUT2D eigenvalue weighted by Crippen LogP contribution is 2.22. The van der Waals surface area contributed by atoms with Gasteiger partial charge in [-0.15, -0.1) is 0 Å². The first kappa shape index (κ1) is 12.9. The summed E-state index contributed by atoms with van der Waals surface area (Å²) in [4.78, 5) is 0. The number of nitrogens with one attached hydrogen (secondary N) is 1. The van der Waals surface area contributed by atoms with Crippen molar-refractivity contribution in [2.24, 2.45) is 5.92 Å². The van der Waals surface area contributed by atoms with Crippen molar-refractivity contribution in [2.45, 2.75) is 47.1 Å². The van der Waals surface area contributed by atoms with Crippen LogP contribution >= 0.6 is 0 Å². The van der Waals surface area contributed by atoms with E-state index in [2.05, 4.69) is 31.2 Å². The van der Waals surface area contributed by atoms with Gasteiger partial charge in [-0.05, 0) is 19.8 Å². The lowest BCUT2D eigenvalue weighted by molar-refractivity contribution is 0.515. The van der Waals surface area contributed by atoms with E-state index in [0.717, 1.165) is 30.3 Å². The molecule has 4 heteroatoms. The van der Waals surface area contributed by atoms with E-state index in [1.165, 1.54) is 12.8 Å². The molecule has 4 nitrogen and oxygen atoms in total. The van der Waals surface area contributed by atoms with Crippen LogP contribution in [0.3, 0.4) is 0 Å². The van der Waals surface area contributed by atoms with E-state index in [0.29, 0.717) is 5.92 Å². The molecule has 92 valence electrons. The maximum absolute atomic E-state index is 6.00. The van der Waals surface area contributed by atoms with E-state index in [9.17, 15) is 0 Å². The van der Waals surface area contributed by atoms with Gasteiger partial charge in [0.1, 0.15) is 5.82 Å². The molecule has 1 heterocycles. The van der Waals surface area contributed by atoms with Crippen LogP contribution in [-0.2, 0) is 6.54 Å². The summed E-state index contributed by atoms with van der Waals surface area (Å²) in [5, 5.41) is 7.82. The molecule has 0 radical (unpaired) electrons. The fraction of sp³-hybridized carbons (Fsp3) is 0.750. The molecule has 0 aliphatic heterocycles. The predicted octanol–water partition coefficient (Wildman–Crippen LogP) is 2.64. The molecule has 0 saturated carbocycles. The molecule has 0 atom stereocenters. The van der Waals surface area contributed by atoms with Crippen LogP contribution in [0.5, 0.6) is 0 Å². The van der Waals surface area contributed by atoms with Gasteiger partial charge in [0.05, 0.1) is 11.4 Å². The number of rotatable bonds is 6. The Balaban J connectivity index is 2.72. The van der Waals surface area contributed by atoms with Crippen LogP contribution in [0.1, 0.15) is 39.3 Å². The third-order valence-electron chi connectivity index (χ3n) is 3.19. The molecule has 3 N–H and O–H groups in total. The molecule has 0 saturated heterocycles. The molecule has 0 fully saturated rings. The van der Waals surface area contributed by atoms with Crippen molar-refractivity contribution >= 4 is 11.5 Å². The molecule has 0 amide bonds. The van der Waals surface area contributed by atoms with Crippen LogP contribution < -0.4 is 11.1 Å². The summed E-state index contributed by atoms with van der Waals surface area (Å²) in [6.07, 6.45) is 2.39. The van der Waals surface area contributed by atoms with Crippen molar-refractivity contribution in [3.63, 3.8) is 0 Å². The Kier molecular flexibility index (Phi) is 4.65. The average molecular weight is 224 g/mol. The van der Waals surface area contributed by atoms with Gasteiger partial charge in [-0.25, -0.2) is 4.68 Å². The molecular weight excluding hydrogens is 200 g/mol. The third kappa shape index (κ3) is 2.68. The van der Waals surface area contributed by atoms with E-state index in [-0.39, 0.29) is 0 Å². The first-order valence-electron chi connectivity index (χ1n) is 6.20. The van der Waals surface area contributed by atoms with Crippen LogP contribution in [0.15, 0.2) is 0 Å². The van der Waals surface area contributed by atoms with Crippen molar-refractivity contribution < 1.29 is 0 Å². The number of hydrogen-bond donors (Lipinski definition) is 2. The second-order valence-corrected chi connectivity index (χ2v) is 4.23. The zero-order valence-corrected chi connectivity index (χ0v) is 10.9. The van der Waals surface area contributed by atoms with Crippen molar-refractivity contribution in [3.8, 4) is 0 Å². The van der Waals surface area contributed by atoms with E-state index >= 15 is 0 Å². The van der Waals surface area contributed by atoms with Crippen molar-refractivity contribution in [1.29, 1.82) is 0 Å². The summed E-state index contributed by atoms with van der Waals surface area (Å²) in [7, 11) is 0.